The van der Waals surface area contributed by atoms with Gasteiger partial charge in [-0.05, 0) is 110 Å². The molecule has 0 aliphatic carbocycles. The molecule has 5 N–H and O–H groups in total. The SMILES string of the molecule is C.CC(C)(C)OC(=O)NCCCCN.CC(C)(C)OC(=O)NCCCCNc1c([N+](=O)[O-])c(Cl)nc2ccc(Br)cc12.O=[N+]([O-])c1c(Cl)nc2ccc(Br)cc2c1Cl. The van der Waals surface area contributed by atoms with E-state index in [0.29, 0.717) is 66.5 Å². The number of anilines is 1. The first kappa shape index (κ1) is 52.2. The van der Waals surface area contributed by atoms with Crippen LogP contribution in [0.25, 0.3) is 21.8 Å². The van der Waals surface area contributed by atoms with Gasteiger partial charge in [0.25, 0.3) is 0 Å². The lowest BCUT2D eigenvalue weighted by molar-refractivity contribution is -0.384. The summed E-state index contributed by atoms with van der Waals surface area (Å²) in [7, 11) is 0. The lowest BCUT2D eigenvalue weighted by Crippen LogP contribution is -2.33. The van der Waals surface area contributed by atoms with Crippen molar-refractivity contribution in [3.8, 4) is 0 Å². The summed E-state index contributed by atoms with van der Waals surface area (Å²) in [6.45, 7) is 13.1. The number of amides is 2. The van der Waals surface area contributed by atoms with Crippen molar-refractivity contribution in [1.29, 1.82) is 0 Å². The van der Waals surface area contributed by atoms with Gasteiger partial charge in [0.05, 0.1) is 20.9 Å². The van der Waals surface area contributed by atoms with Gasteiger partial charge < -0.3 is 31.2 Å². The molecule has 0 aliphatic rings. The summed E-state index contributed by atoms with van der Waals surface area (Å²) >= 11 is 24.3. The zero-order chi connectivity index (χ0) is 43.1. The molecule has 2 amide bonds. The molecule has 2 aromatic heterocycles. The number of carbonyl (C=O) groups excluding carboxylic acids is 2. The summed E-state index contributed by atoms with van der Waals surface area (Å²) < 4.78 is 11.7. The van der Waals surface area contributed by atoms with Crippen LogP contribution >= 0.6 is 66.7 Å². The van der Waals surface area contributed by atoms with E-state index < -0.39 is 27.1 Å². The van der Waals surface area contributed by atoms with Gasteiger partial charge in [-0.2, -0.15) is 0 Å². The van der Waals surface area contributed by atoms with E-state index >= 15 is 0 Å². The van der Waals surface area contributed by atoms with Gasteiger partial charge >= 0.3 is 23.6 Å². The number of alkyl carbamates (subject to hydrolysis) is 2. The van der Waals surface area contributed by atoms with Crippen LogP contribution in [0.15, 0.2) is 45.3 Å². The van der Waals surface area contributed by atoms with Crippen LogP contribution in [0.1, 0.15) is 74.7 Å². The summed E-state index contributed by atoms with van der Waals surface area (Å²) in [6, 6.07) is 10.4. The first-order valence-corrected chi connectivity index (χ1v) is 20.2. The number of pyridine rings is 2. The van der Waals surface area contributed by atoms with Gasteiger partial charge in [0.1, 0.15) is 21.9 Å². The Morgan fingerprint density at radius 3 is 1.59 bits per heavy atom. The van der Waals surface area contributed by atoms with E-state index in [0.717, 1.165) is 21.8 Å². The van der Waals surface area contributed by atoms with Crippen molar-refractivity contribution in [2.24, 2.45) is 5.73 Å². The molecule has 0 saturated carbocycles. The van der Waals surface area contributed by atoms with Gasteiger partial charge in [-0.25, -0.2) is 19.6 Å². The second-order valence-corrected chi connectivity index (χ2v) is 16.9. The minimum absolute atomic E-state index is 0. The largest absolute Gasteiger partial charge is 0.444 e. The predicted octanol–water partition coefficient (Wildman–Crippen LogP) is 11.4. The van der Waals surface area contributed by atoms with Crippen LogP contribution in [0.2, 0.25) is 15.3 Å². The molecule has 0 spiro atoms. The van der Waals surface area contributed by atoms with Gasteiger partial charge in [0, 0.05) is 39.4 Å². The van der Waals surface area contributed by atoms with Crippen molar-refractivity contribution in [2.45, 2.75) is 85.9 Å². The van der Waals surface area contributed by atoms with Gasteiger partial charge in [0.15, 0.2) is 0 Å². The fourth-order valence-electron chi connectivity index (χ4n) is 4.60. The maximum Gasteiger partial charge on any atom is 0.407 e. The number of unbranched alkanes of at least 4 members (excludes halogenated alkanes) is 2. The molecule has 0 atom stereocenters. The van der Waals surface area contributed by atoms with Crippen LogP contribution in [-0.4, -0.2) is 69.4 Å². The number of halogens is 5. The van der Waals surface area contributed by atoms with E-state index in [2.05, 4.69) is 57.8 Å². The minimum Gasteiger partial charge on any atom is -0.444 e. The molecular formula is C37H49Br2Cl3N8O8. The second kappa shape index (κ2) is 24.3. The third-order valence-corrected chi connectivity index (χ3v) is 8.83. The number of hydrogen-bond acceptors (Lipinski definition) is 12. The first-order valence-electron chi connectivity index (χ1n) is 17.4. The zero-order valence-corrected chi connectivity index (χ0v) is 37.6. The third-order valence-electron chi connectivity index (χ3n) is 6.93. The number of carbonyl (C=O) groups is 2. The van der Waals surface area contributed by atoms with Crippen LogP contribution in [0.5, 0.6) is 0 Å². The molecule has 2 aromatic carbocycles. The predicted molar refractivity (Wildman–Crippen MR) is 238 cm³/mol. The van der Waals surface area contributed by atoms with Crippen molar-refractivity contribution in [2.75, 3.05) is 31.5 Å². The molecule has 16 nitrogen and oxygen atoms in total. The summed E-state index contributed by atoms with van der Waals surface area (Å²) in [4.78, 5) is 51.7. The summed E-state index contributed by atoms with van der Waals surface area (Å²) in [6.07, 6.45) is 2.37. The maximum atomic E-state index is 11.6. The normalized spacial score (nSPS) is 10.9. The van der Waals surface area contributed by atoms with Crippen LogP contribution < -0.4 is 21.7 Å². The number of nitro groups is 2. The van der Waals surface area contributed by atoms with Gasteiger partial charge in [-0.3, -0.25) is 20.2 Å². The first-order chi connectivity index (χ1) is 26.5. The number of benzene rings is 2. The zero-order valence-electron chi connectivity index (χ0n) is 32.1. The van der Waals surface area contributed by atoms with Crippen molar-refractivity contribution >= 4 is 118 Å². The number of aromatic nitrogens is 2. The topological polar surface area (TPSA) is 227 Å². The molecule has 0 aliphatic heterocycles. The standard InChI is InChI=1S/C18H22BrClN4O4.C9H3BrCl2N2O2.C9H20N2O2.CH4/c1-18(2,3)28-17(25)22-9-5-4-8-21-14-12-10-11(19)6-7-13(12)23-16(20)15(14)24(26)27;10-4-1-2-6-5(3-4)7(11)8(14(15)16)9(12)13-6;1-9(2,3)13-8(12)11-7-5-4-6-10;/h6-7,10H,4-5,8-9H2,1-3H3,(H,21,23)(H,22,25);1-3H;4-7,10H2,1-3H3,(H,11,12);1H4. The molecule has 4 rings (SSSR count). The summed E-state index contributed by atoms with van der Waals surface area (Å²) in [5.74, 6) is 0. The number of nitrogens with one attached hydrogen (secondary N) is 3. The van der Waals surface area contributed by atoms with Crippen LogP contribution in [0.3, 0.4) is 0 Å². The summed E-state index contributed by atoms with van der Waals surface area (Å²) in [5, 5.41) is 31.4. The highest BCUT2D eigenvalue weighted by molar-refractivity contribution is 9.10. The molecule has 0 radical (unpaired) electrons. The average molecular weight is 1000 g/mol. The monoisotopic (exact) mass is 996 g/mol. The highest BCUT2D eigenvalue weighted by Crippen LogP contribution is 2.39. The lowest BCUT2D eigenvalue weighted by atomic mass is 10.1. The number of nitrogens with two attached hydrogens (primary N) is 1. The number of rotatable bonds is 12. The van der Waals surface area contributed by atoms with Gasteiger partial charge in [0.2, 0.25) is 10.3 Å². The molecule has 0 fully saturated rings. The minimum atomic E-state index is -0.641. The number of nitrogens with zero attached hydrogens (tertiary/aromatic N) is 4. The Morgan fingerprint density at radius 1 is 0.724 bits per heavy atom. The van der Waals surface area contributed by atoms with Crippen molar-refractivity contribution in [3.05, 3.63) is 80.9 Å². The third kappa shape index (κ3) is 18.0. The number of ether oxygens (including phenoxy) is 2. The Morgan fingerprint density at radius 2 is 1.14 bits per heavy atom. The Kier molecular flexibility index (Phi) is 21.9. The van der Waals surface area contributed by atoms with Crippen LogP contribution in [-0.2, 0) is 9.47 Å². The molecule has 0 bridgehead atoms. The molecule has 320 valence electrons. The smallest absolute Gasteiger partial charge is 0.407 e. The Labute approximate surface area is 369 Å². The van der Waals surface area contributed by atoms with Crippen LogP contribution in [0.4, 0.5) is 26.7 Å². The highest BCUT2D eigenvalue weighted by Gasteiger charge is 2.25. The Bertz CT molecular complexity index is 2050. The van der Waals surface area contributed by atoms with E-state index in [9.17, 15) is 29.8 Å². The quantitative estimate of drug-likeness (QED) is 0.0450. The van der Waals surface area contributed by atoms with Crippen molar-refractivity contribution in [3.63, 3.8) is 0 Å². The molecule has 21 heteroatoms. The number of hydrogen-bond donors (Lipinski definition) is 4. The molecule has 0 unspecified atom stereocenters. The van der Waals surface area contributed by atoms with Crippen LogP contribution in [0, 0.1) is 20.2 Å². The molecule has 58 heavy (non-hydrogen) atoms. The average Bonchev–Trinajstić information content (AvgIpc) is 3.07. The summed E-state index contributed by atoms with van der Waals surface area (Å²) in [5.41, 5.74) is 5.14. The van der Waals surface area contributed by atoms with E-state index in [-0.39, 0.29) is 40.2 Å². The fourth-order valence-corrected chi connectivity index (χ4v) is 6.19. The molecule has 4 aromatic rings. The lowest BCUT2D eigenvalue weighted by Gasteiger charge is -2.19. The maximum absolute atomic E-state index is 11.6. The van der Waals surface area contributed by atoms with E-state index in [1.807, 2.05) is 20.8 Å². The van der Waals surface area contributed by atoms with E-state index in [1.54, 1.807) is 57.2 Å². The fraction of sp³-hybridized carbons (Fsp3) is 0.459. The number of fused-ring (bicyclic) bond motifs is 2. The second-order valence-electron chi connectivity index (χ2n) is 14.0. The van der Waals surface area contributed by atoms with Crippen molar-refractivity contribution < 1.29 is 28.9 Å². The molecular weight excluding hydrogens is 951 g/mol. The van der Waals surface area contributed by atoms with Gasteiger partial charge in [-0.1, -0.05) is 74.1 Å². The van der Waals surface area contributed by atoms with Gasteiger partial charge in [-0.15, -0.1) is 0 Å². The Balaban J connectivity index is 0.000000475. The highest BCUT2D eigenvalue weighted by atomic mass is 79.9. The molecule has 2 heterocycles. The van der Waals surface area contributed by atoms with E-state index in [4.69, 9.17) is 50.0 Å². The van der Waals surface area contributed by atoms with E-state index in [1.165, 1.54) is 0 Å². The Hall–Kier alpha value is -3.81. The molecule has 0 saturated heterocycles. The van der Waals surface area contributed by atoms with Crippen molar-refractivity contribution in [1.82, 2.24) is 20.6 Å².